The minimum atomic E-state index is -5.17. The molecule has 0 aliphatic heterocycles. The summed E-state index contributed by atoms with van der Waals surface area (Å²) in [6, 6.07) is 0. The summed E-state index contributed by atoms with van der Waals surface area (Å²) in [6.45, 7) is 2.83. The number of carbonyl (C=O) groups is 2. The maximum Gasteiger partial charge on any atom is 0.305 e. The van der Waals surface area contributed by atoms with Gasteiger partial charge in [-0.3, -0.25) is 19.9 Å². The lowest BCUT2D eigenvalue weighted by Gasteiger charge is -2.06. The molecule has 0 heterocycles. The summed E-state index contributed by atoms with van der Waals surface area (Å²) in [6.07, 6.45) is 0. The number of hydrogen-bond donors (Lipinski definition) is 2. The molecular formula is C4H12N2O6S. The summed E-state index contributed by atoms with van der Waals surface area (Å²) < 4.78 is 34.1. The van der Waals surface area contributed by atoms with E-state index in [0.717, 1.165) is 0 Å². The molecule has 0 aromatic heterocycles. The Morgan fingerprint density at radius 3 is 1.00 bits per heavy atom. The van der Waals surface area contributed by atoms with Gasteiger partial charge < -0.3 is 9.11 Å². The van der Waals surface area contributed by atoms with Crippen LogP contribution in [0.3, 0.4) is 0 Å². The van der Waals surface area contributed by atoms with Crippen molar-refractivity contribution in [3.05, 3.63) is 0 Å². The van der Waals surface area contributed by atoms with Gasteiger partial charge in [-0.1, -0.05) is 0 Å². The van der Waals surface area contributed by atoms with Crippen molar-refractivity contribution in [1.82, 2.24) is 0 Å². The van der Waals surface area contributed by atoms with E-state index in [4.69, 9.17) is 17.5 Å². The van der Waals surface area contributed by atoms with Crippen LogP contribution in [0.1, 0.15) is 13.8 Å². The molecule has 0 saturated carbocycles. The fourth-order valence-electron chi connectivity index (χ4n) is 0. The molecule has 6 N–H and O–H groups in total. The lowest BCUT2D eigenvalue weighted by Crippen LogP contribution is -2.54. The van der Waals surface area contributed by atoms with E-state index in [1.54, 1.807) is 0 Å². The van der Waals surface area contributed by atoms with Crippen LogP contribution in [0.25, 0.3) is 0 Å². The average Bonchev–Trinajstić information content (AvgIpc) is 1.50. The van der Waals surface area contributed by atoms with Crippen molar-refractivity contribution in [2.75, 3.05) is 0 Å². The monoisotopic (exact) mass is 216 g/mol. The second kappa shape index (κ2) is 9.22. The minimum absolute atomic E-state index is 0.0833. The van der Waals surface area contributed by atoms with Gasteiger partial charge in [0.2, 0.25) is 0 Å². The van der Waals surface area contributed by atoms with E-state index in [1.165, 1.54) is 13.8 Å². The number of quaternary nitrogens is 2. The van der Waals surface area contributed by atoms with E-state index in [0.29, 0.717) is 0 Å². The van der Waals surface area contributed by atoms with Gasteiger partial charge in [0, 0.05) is 10.4 Å². The quantitative estimate of drug-likeness (QED) is 0.310. The van der Waals surface area contributed by atoms with Crippen molar-refractivity contribution in [3.63, 3.8) is 0 Å². The molecule has 0 bridgehead atoms. The van der Waals surface area contributed by atoms with Crippen molar-refractivity contribution in [1.29, 1.82) is 0 Å². The van der Waals surface area contributed by atoms with Crippen molar-refractivity contribution >= 4 is 22.2 Å². The van der Waals surface area contributed by atoms with Crippen molar-refractivity contribution in [2.24, 2.45) is 0 Å². The molecule has 0 saturated heterocycles. The standard InChI is InChI=1S/2C2H5NO.H2O4S/c2*1-2(3)4;1-5(2,3)4/h2*1H3,(H2,3,4);(H2,1,2,3,4). The van der Waals surface area contributed by atoms with Crippen LogP contribution in [0.15, 0.2) is 0 Å². The van der Waals surface area contributed by atoms with Crippen molar-refractivity contribution < 1.29 is 38.6 Å². The molecule has 9 heteroatoms. The Balaban J connectivity index is -0.000000117. The number of amides is 2. The smallest absolute Gasteiger partial charge is 0.305 e. The maximum absolute atomic E-state index is 9.33. The van der Waals surface area contributed by atoms with E-state index in [9.17, 15) is 9.59 Å². The first-order valence-electron chi connectivity index (χ1n) is 2.78. The third-order valence-electron chi connectivity index (χ3n) is 0. The molecule has 0 atom stereocenters. The molecule has 0 aromatic carbocycles. The van der Waals surface area contributed by atoms with Gasteiger partial charge in [-0.2, -0.15) is 0 Å². The second-order valence-corrected chi connectivity index (χ2v) is 2.63. The zero-order valence-corrected chi connectivity index (χ0v) is 8.09. The summed E-state index contributed by atoms with van der Waals surface area (Å²) in [5.74, 6) is -0.167. The van der Waals surface area contributed by atoms with Crippen LogP contribution in [0.2, 0.25) is 0 Å². The zero-order chi connectivity index (χ0) is 11.7. The summed E-state index contributed by atoms with van der Waals surface area (Å²) in [5, 5.41) is 0. The van der Waals surface area contributed by atoms with E-state index in [2.05, 4.69) is 11.5 Å². The van der Waals surface area contributed by atoms with Gasteiger partial charge in [-0.25, -0.2) is 9.59 Å². The molecule has 80 valence electrons. The lowest BCUT2D eigenvalue weighted by atomic mass is 10.8. The molecule has 0 aliphatic rings. The van der Waals surface area contributed by atoms with Gasteiger partial charge >= 0.3 is 11.8 Å². The van der Waals surface area contributed by atoms with Crippen LogP contribution in [0, 0.1) is 0 Å². The predicted octanol–water partition coefficient (Wildman–Crippen LogP) is -3.79. The van der Waals surface area contributed by atoms with E-state index >= 15 is 0 Å². The van der Waals surface area contributed by atoms with Crippen LogP contribution in [-0.4, -0.2) is 29.3 Å². The van der Waals surface area contributed by atoms with Crippen LogP contribution in [0.5, 0.6) is 0 Å². The molecule has 13 heavy (non-hydrogen) atoms. The van der Waals surface area contributed by atoms with Crippen LogP contribution >= 0.6 is 0 Å². The molecule has 0 aromatic rings. The number of hydrogen-bond acceptors (Lipinski definition) is 6. The topological polar surface area (TPSA) is 170 Å². The molecule has 8 nitrogen and oxygen atoms in total. The molecule has 0 radical (unpaired) electrons. The molecule has 0 spiro atoms. The Morgan fingerprint density at radius 1 is 1.00 bits per heavy atom. The summed E-state index contributed by atoms with van der Waals surface area (Å²) in [4.78, 5) is 18.7. The summed E-state index contributed by atoms with van der Waals surface area (Å²) >= 11 is 0. The van der Waals surface area contributed by atoms with Crippen LogP contribution < -0.4 is 11.5 Å². The first-order chi connectivity index (χ1) is 5.46. The fraction of sp³-hybridized carbons (Fsp3) is 0.500. The lowest BCUT2D eigenvalue weighted by molar-refractivity contribution is -0.303. The van der Waals surface area contributed by atoms with Gasteiger partial charge in [0.25, 0.3) is 0 Å². The minimum Gasteiger partial charge on any atom is -0.759 e. The number of rotatable bonds is 0. The van der Waals surface area contributed by atoms with E-state index in [-0.39, 0.29) is 11.8 Å². The Morgan fingerprint density at radius 2 is 1.00 bits per heavy atom. The zero-order valence-electron chi connectivity index (χ0n) is 7.27. The summed E-state index contributed by atoms with van der Waals surface area (Å²) in [5.41, 5.74) is 6.00. The van der Waals surface area contributed by atoms with Crippen LogP contribution in [-0.2, 0) is 20.0 Å². The van der Waals surface area contributed by atoms with E-state index in [1.807, 2.05) is 0 Å². The molecular weight excluding hydrogens is 204 g/mol. The third-order valence-corrected chi connectivity index (χ3v) is 0. The Hall–Kier alpha value is -0.870. The second-order valence-electron chi connectivity index (χ2n) is 1.81. The van der Waals surface area contributed by atoms with Gasteiger partial charge in [0.1, 0.15) is 0 Å². The number of carbonyl (C=O) groups excluding carboxylic acids is 2. The van der Waals surface area contributed by atoms with Crippen LogP contribution in [0.4, 0.5) is 0 Å². The van der Waals surface area contributed by atoms with Crippen molar-refractivity contribution in [2.45, 2.75) is 13.8 Å². The Kier molecular flexibility index (Phi) is 12.8. The highest BCUT2D eigenvalue weighted by molar-refractivity contribution is 7.79. The van der Waals surface area contributed by atoms with Crippen molar-refractivity contribution in [3.8, 4) is 0 Å². The van der Waals surface area contributed by atoms with E-state index < -0.39 is 10.4 Å². The molecule has 0 aliphatic carbocycles. The first-order valence-corrected chi connectivity index (χ1v) is 4.12. The fourth-order valence-corrected chi connectivity index (χ4v) is 0. The van der Waals surface area contributed by atoms with Gasteiger partial charge in [-0.05, 0) is 0 Å². The van der Waals surface area contributed by atoms with Gasteiger partial charge in [0.05, 0.1) is 13.8 Å². The normalized spacial score (nSPS) is 8.46. The first kappa shape index (κ1) is 18.0. The highest BCUT2D eigenvalue weighted by atomic mass is 32.3. The highest BCUT2D eigenvalue weighted by Crippen LogP contribution is 1.57. The summed E-state index contributed by atoms with van der Waals surface area (Å²) in [7, 11) is -5.17. The Labute approximate surface area is 75.5 Å². The third kappa shape index (κ3) is 1230. The Bertz CT molecular complexity index is 217. The average molecular weight is 216 g/mol. The molecule has 2 amide bonds. The van der Waals surface area contributed by atoms with Gasteiger partial charge in [0.15, 0.2) is 0 Å². The highest BCUT2D eigenvalue weighted by Gasteiger charge is 1.69. The molecule has 0 fully saturated rings. The van der Waals surface area contributed by atoms with Gasteiger partial charge in [-0.15, -0.1) is 0 Å². The largest absolute Gasteiger partial charge is 0.759 e. The SMILES string of the molecule is CC([NH3+])=O.CC([NH3+])=O.O=S(=O)([O-])[O-]. The predicted molar refractivity (Wildman–Crippen MR) is 37.6 cm³/mol. The maximum atomic E-state index is 9.33. The molecule has 0 unspecified atom stereocenters. The molecule has 0 rings (SSSR count).